The number of hydrogen-bond acceptors (Lipinski definition) is 9. The van der Waals surface area contributed by atoms with Crippen LogP contribution in [-0.4, -0.2) is 21.5 Å². The lowest BCUT2D eigenvalue weighted by Crippen LogP contribution is -2.28. The van der Waals surface area contributed by atoms with E-state index in [1.165, 1.54) is 0 Å². The Bertz CT molecular complexity index is 2710. The number of ketones is 2. The Balaban J connectivity index is 1.51. The highest BCUT2D eigenvalue weighted by atomic mass is 35.5. The summed E-state index contributed by atoms with van der Waals surface area (Å²) in [4.78, 5) is 37.2. The van der Waals surface area contributed by atoms with Crippen molar-refractivity contribution in [1.82, 2.24) is 9.97 Å². The summed E-state index contributed by atoms with van der Waals surface area (Å²) in [6, 6.07) is 18.1. The zero-order valence-electron chi connectivity index (χ0n) is 37.9. The van der Waals surface area contributed by atoms with Gasteiger partial charge in [0, 0.05) is 66.7 Å². The number of furan rings is 1. The van der Waals surface area contributed by atoms with Crippen LogP contribution in [0.5, 0.6) is 0 Å². The molecule has 0 radical (unpaired) electrons. The van der Waals surface area contributed by atoms with Crippen molar-refractivity contribution >= 4 is 79.3 Å². The van der Waals surface area contributed by atoms with Gasteiger partial charge in [0.15, 0.2) is 23.1 Å². The first kappa shape index (κ1) is 45.1. The molecule has 0 bridgehead atoms. The van der Waals surface area contributed by atoms with Crippen LogP contribution in [0.3, 0.4) is 0 Å². The molecule has 0 aliphatic heterocycles. The highest BCUT2D eigenvalue weighted by Crippen LogP contribution is 2.44. The molecule has 0 spiro atoms. The van der Waals surface area contributed by atoms with Crippen molar-refractivity contribution in [1.29, 1.82) is 0 Å². The van der Waals surface area contributed by atoms with E-state index in [9.17, 15) is 9.59 Å². The number of Topliss-reactive ketones (excluding diaryl/α,β-unsaturated/α-hetero) is 2. The SMILES string of the molecule is CC(C)(C)C1=CC(=C(/N=N/c2ccnc3cc(Cl)ccc23)c2ccc(C(/N=N/c3ccnc4cc(Cl)ccc34)=C3C=C(C(C)(C)C)C(=O)C(C(C)(C)C)=C3)o2)C=C(C(C)(C)C)C1=O. The van der Waals surface area contributed by atoms with Crippen molar-refractivity contribution in [2.24, 2.45) is 42.1 Å². The molecule has 3 aromatic heterocycles. The van der Waals surface area contributed by atoms with Crippen LogP contribution in [0.2, 0.25) is 10.0 Å². The van der Waals surface area contributed by atoms with Crippen LogP contribution >= 0.6 is 23.2 Å². The van der Waals surface area contributed by atoms with Gasteiger partial charge in [0.05, 0.1) is 22.4 Å². The molecule has 0 amide bonds. The Morgan fingerprint density at radius 3 is 1.14 bits per heavy atom. The predicted octanol–water partition coefficient (Wildman–Crippen LogP) is 15.7. The standard InChI is InChI=1S/C52H52Cl2N6O3/c1-49(2,3)35-23-29(24-36(47(35)61)50(4,5)6)45(59-57-39-19-21-55-41-27-31(53)13-15-33(39)41)43-17-18-44(63-43)46(60-58-40-20-22-56-42-28-32(54)14-16-34(40)42)30-25-37(51(7,8)9)48(62)38(26-30)52(10,11)12/h13-28H,1-12H3/b59-57+,60-58+. The van der Waals surface area contributed by atoms with Gasteiger partial charge in [-0.3, -0.25) is 19.6 Å². The number of carbonyl (C=O) groups is 2. The quantitative estimate of drug-likeness (QED) is 0.157. The highest BCUT2D eigenvalue weighted by molar-refractivity contribution is 6.31. The molecule has 0 saturated heterocycles. The summed E-state index contributed by atoms with van der Waals surface area (Å²) in [5, 5.41) is 22.1. The lowest BCUT2D eigenvalue weighted by atomic mass is 9.71. The third-order valence-corrected chi connectivity index (χ3v) is 11.4. The summed E-state index contributed by atoms with van der Waals surface area (Å²) in [5.41, 5.74) is 5.19. The molecule has 0 fully saturated rings. The third-order valence-electron chi connectivity index (χ3n) is 10.9. The van der Waals surface area contributed by atoms with E-state index in [0.29, 0.717) is 88.8 Å². The predicted molar refractivity (Wildman–Crippen MR) is 255 cm³/mol. The summed E-state index contributed by atoms with van der Waals surface area (Å²) in [7, 11) is 0. The van der Waals surface area contributed by atoms with E-state index in [4.69, 9.17) is 48.1 Å². The van der Waals surface area contributed by atoms with E-state index in [2.05, 4.69) is 9.97 Å². The minimum atomic E-state index is -0.489. The maximum atomic E-state index is 14.1. The van der Waals surface area contributed by atoms with E-state index >= 15 is 0 Å². The first-order valence-electron chi connectivity index (χ1n) is 20.9. The zero-order valence-corrected chi connectivity index (χ0v) is 39.4. The van der Waals surface area contributed by atoms with E-state index in [1.54, 1.807) is 48.8 Å². The van der Waals surface area contributed by atoms with Crippen molar-refractivity contribution in [2.45, 2.75) is 83.1 Å². The van der Waals surface area contributed by atoms with Crippen LogP contribution in [0.4, 0.5) is 11.4 Å². The Hall–Kier alpha value is -5.90. The second-order valence-electron chi connectivity index (χ2n) is 20.0. The Morgan fingerprint density at radius 1 is 0.492 bits per heavy atom. The van der Waals surface area contributed by atoms with Gasteiger partial charge in [-0.1, -0.05) is 106 Å². The summed E-state index contributed by atoms with van der Waals surface area (Å²) < 4.78 is 6.87. The smallest absolute Gasteiger partial charge is 0.186 e. The molecule has 0 unspecified atom stereocenters. The second kappa shape index (κ2) is 16.7. The highest BCUT2D eigenvalue weighted by Gasteiger charge is 2.37. The number of halogens is 2. The van der Waals surface area contributed by atoms with E-state index in [-0.39, 0.29) is 11.6 Å². The number of nitrogens with zero attached hydrogens (tertiary/aromatic N) is 6. The number of hydrogen-bond donors (Lipinski definition) is 0. The topological polar surface area (TPSA) is 122 Å². The molecule has 0 saturated carbocycles. The first-order valence-corrected chi connectivity index (χ1v) is 21.6. The number of aromatic nitrogens is 2. The van der Waals surface area contributed by atoms with Gasteiger partial charge in [-0.05, 0) is 107 Å². The lowest BCUT2D eigenvalue weighted by Gasteiger charge is -2.31. The summed E-state index contributed by atoms with van der Waals surface area (Å²) in [6.07, 6.45) is 10.9. The van der Waals surface area contributed by atoms with Gasteiger partial charge in [0.2, 0.25) is 0 Å². The van der Waals surface area contributed by atoms with E-state index < -0.39 is 21.7 Å². The van der Waals surface area contributed by atoms with Gasteiger partial charge in [0.1, 0.15) is 11.4 Å². The van der Waals surface area contributed by atoms with Crippen LogP contribution < -0.4 is 0 Å². The third kappa shape index (κ3) is 9.55. The number of fused-ring (bicyclic) bond motifs is 2. The van der Waals surface area contributed by atoms with Gasteiger partial charge in [-0.15, -0.1) is 20.5 Å². The average Bonchev–Trinajstić information content (AvgIpc) is 3.66. The lowest BCUT2D eigenvalue weighted by molar-refractivity contribution is -0.114. The fourth-order valence-electron chi connectivity index (χ4n) is 7.44. The van der Waals surface area contributed by atoms with Crippen molar-refractivity contribution in [3.63, 3.8) is 0 Å². The van der Waals surface area contributed by atoms with Crippen molar-refractivity contribution < 1.29 is 14.0 Å². The Kier molecular flexibility index (Phi) is 11.9. The number of rotatable bonds is 6. The molecule has 0 N–H and O–H groups in total. The van der Waals surface area contributed by atoms with Crippen molar-refractivity contribution in [3.05, 3.63) is 152 Å². The first-order chi connectivity index (χ1) is 29.4. The van der Waals surface area contributed by atoms with Crippen molar-refractivity contribution in [2.75, 3.05) is 0 Å². The maximum absolute atomic E-state index is 14.1. The number of benzene rings is 2. The number of allylic oxidation sites excluding steroid dienone is 10. The largest absolute Gasteiger partial charge is 0.453 e. The number of pyridine rings is 2. The Morgan fingerprint density at radius 2 is 0.825 bits per heavy atom. The minimum Gasteiger partial charge on any atom is -0.453 e. The zero-order chi connectivity index (χ0) is 45.8. The van der Waals surface area contributed by atoms with Crippen LogP contribution in [-0.2, 0) is 9.59 Å². The average molecular weight is 880 g/mol. The molecule has 2 aliphatic carbocycles. The van der Waals surface area contributed by atoms with E-state index in [0.717, 1.165) is 10.8 Å². The molecule has 0 atom stereocenters. The van der Waals surface area contributed by atoms with Crippen molar-refractivity contribution in [3.8, 4) is 0 Å². The fourth-order valence-corrected chi connectivity index (χ4v) is 7.78. The summed E-state index contributed by atoms with van der Waals surface area (Å²) in [5.74, 6) is 0.719. The van der Waals surface area contributed by atoms with Crippen LogP contribution in [0.25, 0.3) is 33.2 Å². The van der Waals surface area contributed by atoms with Gasteiger partial charge in [-0.2, -0.15) is 0 Å². The molecular formula is C52H52Cl2N6O3. The molecule has 7 rings (SSSR count). The van der Waals surface area contributed by atoms with Gasteiger partial charge >= 0.3 is 0 Å². The summed E-state index contributed by atoms with van der Waals surface area (Å²) >= 11 is 12.7. The molecule has 2 aromatic carbocycles. The molecule has 11 heteroatoms. The van der Waals surface area contributed by atoms with Crippen LogP contribution in [0, 0.1) is 21.7 Å². The fraction of sp³-hybridized carbons (Fsp3) is 0.308. The molecule has 63 heavy (non-hydrogen) atoms. The molecule has 9 nitrogen and oxygen atoms in total. The van der Waals surface area contributed by atoms with Crippen LogP contribution in [0.1, 0.15) is 94.6 Å². The normalized spacial score (nSPS) is 15.7. The molecule has 5 aromatic rings. The monoisotopic (exact) mass is 878 g/mol. The van der Waals surface area contributed by atoms with E-state index in [1.807, 2.05) is 132 Å². The second-order valence-corrected chi connectivity index (χ2v) is 20.9. The Labute approximate surface area is 379 Å². The molecule has 322 valence electrons. The van der Waals surface area contributed by atoms with Gasteiger partial charge < -0.3 is 4.42 Å². The summed E-state index contributed by atoms with van der Waals surface area (Å²) in [6.45, 7) is 24.3. The van der Waals surface area contributed by atoms with Crippen LogP contribution in [0.15, 0.2) is 156 Å². The van der Waals surface area contributed by atoms with Gasteiger partial charge in [0.25, 0.3) is 0 Å². The molecular weight excluding hydrogens is 828 g/mol. The maximum Gasteiger partial charge on any atom is 0.186 e. The molecule has 3 heterocycles. The number of carbonyl (C=O) groups excluding carboxylic acids is 2. The minimum absolute atomic E-state index is 0.0137. The number of azo groups is 2. The van der Waals surface area contributed by atoms with Gasteiger partial charge in [-0.25, -0.2) is 0 Å². The molecule has 2 aliphatic rings.